The summed E-state index contributed by atoms with van der Waals surface area (Å²) < 4.78 is 21.5. The van der Waals surface area contributed by atoms with Gasteiger partial charge in [0.25, 0.3) is 0 Å². The van der Waals surface area contributed by atoms with Crippen LogP contribution in [0.5, 0.6) is 23.0 Å². The van der Waals surface area contributed by atoms with Crippen molar-refractivity contribution < 1.29 is 38.1 Å². The van der Waals surface area contributed by atoms with E-state index in [1.807, 2.05) is 0 Å². The Balaban J connectivity index is 1.15. The van der Waals surface area contributed by atoms with Gasteiger partial charge in [-0.2, -0.15) is 10.2 Å². The van der Waals surface area contributed by atoms with Gasteiger partial charge in [0, 0.05) is 22.9 Å². The van der Waals surface area contributed by atoms with Crippen LogP contribution in [-0.4, -0.2) is 50.4 Å². The van der Waals surface area contributed by atoms with E-state index in [1.165, 1.54) is 26.6 Å². The zero-order valence-corrected chi connectivity index (χ0v) is 28.5. The predicted molar refractivity (Wildman–Crippen MR) is 189 cm³/mol. The number of unbranched alkanes of at least 4 members (excludes halogenated alkanes) is 1. The Morgan fingerprint density at radius 2 is 0.960 bits per heavy atom. The zero-order valence-electron chi connectivity index (χ0n) is 27.0. The Bertz CT molecular complexity index is 1740. The van der Waals surface area contributed by atoms with Crippen molar-refractivity contribution in [1.82, 2.24) is 10.9 Å². The van der Waals surface area contributed by atoms with Gasteiger partial charge in [-0.25, -0.2) is 20.4 Å². The minimum atomic E-state index is -0.570. The molecule has 0 radical (unpaired) electrons. The maximum atomic E-state index is 12.4. The summed E-state index contributed by atoms with van der Waals surface area (Å²) in [6, 6.07) is 22.2. The lowest BCUT2D eigenvalue weighted by Crippen LogP contribution is -2.19. The van der Waals surface area contributed by atoms with Crippen LogP contribution in [0.1, 0.15) is 57.5 Å². The second-order valence-electron chi connectivity index (χ2n) is 10.4. The zero-order chi connectivity index (χ0) is 35.9. The number of carbonyl (C=O) groups is 4. The molecule has 0 saturated heterocycles. The van der Waals surface area contributed by atoms with Crippen LogP contribution in [0.3, 0.4) is 0 Å². The number of esters is 2. The number of nitrogens with one attached hydrogen (secondary N) is 2. The summed E-state index contributed by atoms with van der Waals surface area (Å²) >= 11 is 11.7. The summed E-state index contributed by atoms with van der Waals surface area (Å²) in [5.41, 5.74) is 6.74. The number of carbonyl (C=O) groups excluding carboxylic acids is 4. The van der Waals surface area contributed by atoms with E-state index >= 15 is 0 Å². The molecule has 14 heteroatoms. The number of halogens is 2. The highest BCUT2D eigenvalue weighted by Crippen LogP contribution is 2.30. The molecule has 0 saturated carbocycles. The summed E-state index contributed by atoms with van der Waals surface area (Å²) in [4.78, 5) is 49.2. The fraction of sp³-hybridized carbons (Fsp3) is 0.167. The van der Waals surface area contributed by atoms with Gasteiger partial charge in [0.15, 0.2) is 23.0 Å². The van der Waals surface area contributed by atoms with Crippen LogP contribution in [0.25, 0.3) is 0 Å². The minimum absolute atomic E-state index is 0.158. The molecule has 0 aliphatic heterocycles. The molecule has 0 bridgehead atoms. The number of rotatable bonds is 15. The molecule has 258 valence electrons. The van der Waals surface area contributed by atoms with E-state index in [1.54, 1.807) is 84.9 Å². The number of methoxy groups -OCH3 is 2. The first-order valence-corrected chi connectivity index (χ1v) is 15.9. The van der Waals surface area contributed by atoms with Crippen molar-refractivity contribution in [2.45, 2.75) is 25.7 Å². The summed E-state index contributed by atoms with van der Waals surface area (Å²) in [6.07, 6.45) is 4.07. The number of nitrogens with zero attached hydrogens (tertiary/aromatic N) is 2. The van der Waals surface area contributed by atoms with Gasteiger partial charge in [0.1, 0.15) is 0 Å². The topological polar surface area (TPSA) is 154 Å². The van der Waals surface area contributed by atoms with Crippen LogP contribution in [0.2, 0.25) is 10.0 Å². The van der Waals surface area contributed by atoms with Crippen LogP contribution in [0.15, 0.2) is 95.1 Å². The number of benzene rings is 4. The number of hydrazone groups is 2. The summed E-state index contributed by atoms with van der Waals surface area (Å²) in [5.74, 6) is -0.749. The van der Waals surface area contributed by atoms with E-state index in [-0.39, 0.29) is 36.2 Å². The molecular formula is C36H32Cl2N4O8. The van der Waals surface area contributed by atoms with Crippen LogP contribution < -0.4 is 29.8 Å². The lowest BCUT2D eigenvalue weighted by Gasteiger charge is -2.10. The molecule has 4 aromatic rings. The highest BCUT2D eigenvalue weighted by Gasteiger charge is 2.14. The lowest BCUT2D eigenvalue weighted by molar-refractivity contribution is -0.123. The Morgan fingerprint density at radius 3 is 1.32 bits per heavy atom. The third-order valence-electron chi connectivity index (χ3n) is 6.80. The third-order valence-corrected chi connectivity index (χ3v) is 7.31. The molecule has 2 N–H and O–H groups in total. The molecule has 0 heterocycles. The van der Waals surface area contributed by atoms with Crippen molar-refractivity contribution in [1.29, 1.82) is 0 Å². The normalized spacial score (nSPS) is 10.9. The summed E-state index contributed by atoms with van der Waals surface area (Å²) in [6.45, 7) is 0. The van der Waals surface area contributed by atoms with E-state index in [4.69, 9.17) is 42.1 Å². The van der Waals surface area contributed by atoms with E-state index < -0.39 is 11.9 Å². The van der Waals surface area contributed by atoms with Crippen molar-refractivity contribution in [2.24, 2.45) is 10.2 Å². The standard InChI is InChI=1S/C36H32Cl2N4O8/c1-47-31-19-23(7-17-29(31)49-35(45)25-9-13-27(37)14-10-25)21-39-41-33(43)5-3-4-6-34(44)42-40-22-24-8-18-30(32(20-24)48-2)50-36(46)26-11-15-28(38)16-12-26/h7-22H,3-6H2,1-2H3,(H,41,43)(H,42,44)/b39-21+,40-22+. The molecular weight excluding hydrogens is 687 g/mol. The van der Waals surface area contributed by atoms with Gasteiger partial charge in [0.05, 0.1) is 37.8 Å². The van der Waals surface area contributed by atoms with Gasteiger partial charge in [0.2, 0.25) is 11.8 Å². The Hall–Kier alpha value is -5.72. The van der Waals surface area contributed by atoms with E-state index in [0.717, 1.165) is 0 Å². The molecule has 0 aromatic heterocycles. The van der Waals surface area contributed by atoms with Crippen molar-refractivity contribution in [3.8, 4) is 23.0 Å². The highest BCUT2D eigenvalue weighted by molar-refractivity contribution is 6.31. The van der Waals surface area contributed by atoms with Crippen molar-refractivity contribution in [2.75, 3.05) is 14.2 Å². The monoisotopic (exact) mass is 718 g/mol. The highest BCUT2D eigenvalue weighted by atomic mass is 35.5. The van der Waals surface area contributed by atoms with Gasteiger partial charge in [-0.3, -0.25) is 9.59 Å². The molecule has 12 nitrogen and oxygen atoms in total. The van der Waals surface area contributed by atoms with Crippen molar-refractivity contribution in [3.05, 3.63) is 117 Å². The number of ether oxygens (including phenoxy) is 4. The van der Waals surface area contributed by atoms with Crippen LogP contribution >= 0.6 is 23.2 Å². The molecule has 4 aromatic carbocycles. The van der Waals surface area contributed by atoms with Gasteiger partial charge in [-0.1, -0.05) is 23.2 Å². The molecule has 0 aliphatic carbocycles. The Kier molecular flexibility index (Phi) is 13.9. The second-order valence-corrected chi connectivity index (χ2v) is 11.3. The van der Waals surface area contributed by atoms with Crippen LogP contribution in [0.4, 0.5) is 0 Å². The van der Waals surface area contributed by atoms with Gasteiger partial charge < -0.3 is 18.9 Å². The molecule has 0 unspecified atom stereocenters. The van der Waals surface area contributed by atoms with E-state index in [2.05, 4.69) is 21.1 Å². The van der Waals surface area contributed by atoms with Crippen LogP contribution in [0, 0.1) is 0 Å². The number of hydrogen-bond acceptors (Lipinski definition) is 10. The first-order chi connectivity index (χ1) is 24.1. The van der Waals surface area contributed by atoms with Crippen LogP contribution in [-0.2, 0) is 9.59 Å². The Labute approximate surface area is 298 Å². The average Bonchev–Trinajstić information content (AvgIpc) is 3.11. The Morgan fingerprint density at radius 1 is 0.580 bits per heavy atom. The minimum Gasteiger partial charge on any atom is -0.493 e. The summed E-state index contributed by atoms with van der Waals surface area (Å²) in [7, 11) is 2.87. The first-order valence-electron chi connectivity index (χ1n) is 15.1. The largest absolute Gasteiger partial charge is 0.493 e. The second kappa shape index (κ2) is 18.7. The molecule has 0 spiro atoms. The fourth-order valence-corrected chi connectivity index (χ4v) is 4.48. The van der Waals surface area contributed by atoms with Gasteiger partial charge in [-0.15, -0.1) is 0 Å². The fourth-order valence-electron chi connectivity index (χ4n) is 4.23. The number of amides is 2. The average molecular weight is 720 g/mol. The molecule has 0 fully saturated rings. The lowest BCUT2D eigenvalue weighted by atomic mass is 10.2. The van der Waals surface area contributed by atoms with E-state index in [9.17, 15) is 19.2 Å². The van der Waals surface area contributed by atoms with Gasteiger partial charge in [-0.05, 0) is 109 Å². The van der Waals surface area contributed by atoms with Gasteiger partial charge >= 0.3 is 11.9 Å². The number of hydrogen-bond donors (Lipinski definition) is 2. The molecule has 0 aliphatic rings. The molecule has 0 atom stereocenters. The molecule has 2 amide bonds. The van der Waals surface area contributed by atoms with Crippen molar-refractivity contribution >= 4 is 59.4 Å². The first kappa shape index (κ1) is 37.1. The predicted octanol–water partition coefficient (Wildman–Crippen LogP) is 6.61. The molecule has 4 rings (SSSR count). The maximum absolute atomic E-state index is 12.4. The third kappa shape index (κ3) is 11.5. The smallest absolute Gasteiger partial charge is 0.343 e. The quantitative estimate of drug-likeness (QED) is 0.0458. The SMILES string of the molecule is COc1cc(/C=N/NC(=O)CCCCC(=O)N/N=C/c2ccc(OC(=O)c3ccc(Cl)cc3)c(OC)c2)ccc1OC(=O)c1ccc(Cl)cc1. The maximum Gasteiger partial charge on any atom is 0.343 e. The van der Waals surface area contributed by atoms with Crippen molar-refractivity contribution in [3.63, 3.8) is 0 Å². The summed E-state index contributed by atoms with van der Waals surface area (Å²) in [5, 5.41) is 8.92. The molecule has 50 heavy (non-hydrogen) atoms. The van der Waals surface area contributed by atoms with E-state index in [0.29, 0.717) is 56.6 Å².